The van der Waals surface area contributed by atoms with Crippen molar-refractivity contribution in [3.8, 4) is 0 Å². The first-order valence-electron chi connectivity index (χ1n) is 9.44. The summed E-state index contributed by atoms with van der Waals surface area (Å²) in [6.07, 6.45) is 10.1. The van der Waals surface area contributed by atoms with E-state index in [1.54, 1.807) is 0 Å². The number of aliphatic imine (C=N–C) groups is 1. The quantitative estimate of drug-likeness (QED) is 0.685. The standard InChI is InChI=1S/C19H29N5/c1-20-18(24-12-8-19(15-24)6-4-7-19)22-14-16-5-9-21-17(13-16)23-10-2-3-11-23/h5,9,13H,2-4,6-8,10-12,14-15H2,1H3,(H,20,22). The van der Waals surface area contributed by atoms with Gasteiger partial charge in [-0.25, -0.2) is 4.98 Å². The molecule has 1 aromatic rings. The number of rotatable bonds is 3. The zero-order valence-electron chi connectivity index (χ0n) is 14.8. The second-order valence-corrected chi connectivity index (χ2v) is 7.64. The van der Waals surface area contributed by atoms with Gasteiger partial charge in [0.2, 0.25) is 0 Å². The van der Waals surface area contributed by atoms with Gasteiger partial charge in [0.15, 0.2) is 5.96 Å². The van der Waals surface area contributed by atoms with Crippen molar-refractivity contribution in [3.05, 3.63) is 23.9 Å². The lowest BCUT2D eigenvalue weighted by atomic mass is 9.68. The Bertz CT molecular complexity index is 602. The number of likely N-dealkylation sites (tertiary alicyclic amines) is 1. The summed E-state index contributed by atoms with van der Waals surface area (Å²) in [6.45, 7) is 5.43. The maximum Gasteiger partial charge on any atom is 0.193 e. The van der Waals surface area contributed by atoms with Crippen LogP contribution in [0.15, 0.2) is 23.3 Å². The summed E-state index contributed by atoms with van der Waals surface area (Å²) in [7, 11) is 1.90. The Morgan fingerprint density at radius 2 is 2.04 bits per heavy atom. The molecule has 2 saturated heterocycles. The van der Waals surface area contributed by atoms with Gasteiger partial charge in [0.25, 0.3) is 0 Å². The van der Waals surface area contributed by atoms with E-state index in [0.29, 0.717) is 5.41 Å². The van der Waals surface area contributed by atoms with E-state index in [1.165, 1.54) is 50.6 Å². The van der Waals surface area contributed by atoms with E-state index in [-0.39, 0.29) is 0 Å². The predicted octanol–water partition coefficient (Wildman–Crippen LogP) is 2.63. The van der Waals surface area contributed by atoms with E-state index in [2.05, 4.69) is 37.2 Å². The van der Waals surface area contributed by atoms with Crippen LogP contribution >= 0.6 is 0 Å². The van der Waals surface area contributed by atoms with Crippen molar-refractivity contribution in [2.45, 2.75) is 45.1 Å². The number of nitrogens with zero attached hydrogens (tertiary/aromatic N) is 4. The Morgan fingerprint density at radius 3 is 2.71 bits per heavy atom. The fraction of sp³-hybridized carbons (Fsp3) is 0.684. The molecule has 0 aromatic carbocycles. The first-order valence-corrected chi connectivity index (χ1v) is 9.44. The van der Waals surface area contributed by atoms with Gasteiger partial charge in [0.1, 0.15) is 5.82 Å². The molecule has 1 aliphatic carbocycles. The molecule has 0 radical (unpaired) electrons. The molecule has 1 saturated carbocycles. The van der Waals surface area contributed by atoms with Crippen LogP contribution in [0.3, 0.4) is 0 Å². The molecule has 1 aromatic heterocycles. The summed E-state index contributed by atoms with van der Waals surface area (Å²) in [5.41, 5.74) is 1.89. The first kappa shape index (κ1) is 15.7. The molecule has 24 heavy (non-hydrogen) atoms. The first-order chi connectivity index (χ1) is 11.8. The summed E-state index contributed by atoms with van der Waals surface area (Å²) in [4.78, 5) is 13.9. The largest absolute Gasteiger partial charge is 0.357 e. The Hall–Kier alpha value is -1.78. The van der Waals surface area contributed by atoms with Crippen molar-refractivity contribution in [2.75, 3.05) is 38.1 Å². The van der Waals surface area contributed by atoms with Crippen molar-refractivity contribution in [3.63, 3.8) is 0 Å². The Balaban J connectivity index is 1.36. The number of guanidine groups is 1. The number of aromatic nitrogens is 1. The fourth-order valence-electron chi connectivity index (χ4n) is 4.40. The highest BCUT2D eigenvalue weighted by molar-refractivity contribution is 5.80. The maximum absolute atomic E-state index is 4.54. The van der Waals surface area contributed by atoms with E-state index < -0.39 is 0 Å². The Morgan fingerprint density at radius 1 is 1.21 bits per heavy atom. The van der Waals surface area contributed by atoms with Crippen LogP contribution in [0.1, 0.15) is 44.1 Å². The molecule has 130 valence electrons. The molecular weight excluding hydrogens is 298 g/mol. The number of hydrogen-bond acceptors (Lipinski definition) is 3. The summed E-state index contributed by atoms with van der Waals surface area (Å²) >= 11 is 0. The van der Waals surface area contributed by atoms with Gasteiger partial charge in [-0.2, -0.15) is 0 Å². The minimum atomic E-state index is 0.608. The average Bonchev–Trinajstić information content (AvgIpc) is 3.25. The fourth-order valence-corrected chi connectivity index (χ4v) is 4.40. The van der Waals surface area contributed by atoms with Crippen LogP contribution < -0.4 is 10.2 Å². The van der Waals surface area contributed by atoms with Crippen molar-refractivity contribution in [1.82, 2.24) is 15.2 Å². The summed E-state index contributed by atoms with van der Waals surface area (Å²) in [6, 6.07) is 4.33. The molecule has 5 nitrogen and oxygen atoms in total. The third kappa shape index (κ3) is 3.08. The van der Waals surface area contributed by atoms with E-state index in [0.717, 1.165) is 38.0 Å². The van der Waals surface area contributed by atoms with E-state index in [4.69, 9.17) is 0 Å². The topological polar surface area (TPSA) is 43.8 Å². The SMILES string of the molecule is CN=C(NCc1ccnc(N2CCCC2)c1)N1CCC2(CCC2)C1. The van der Waals surface area contributed by atoms with Crippen LogP contribution in [-0.4, -0.2) is 49.1 Å². The van der Waals surface area contributed by atoms with Crippen LogP contribution in [-0.2, 0) is 6.54 Å². The Kier molecular flexibility index (Phi) is 4.33. The lowest BCUT2D eigenvalue weighted by Crippen LogP contribution is -2.42. The molecule has 4 rings (SSSR count). The van der Waals surface area contributed by atoms with Gasteiger partial charge in [-0.3, -0.25) is 4.99 Å². The highest BCUT2D eigenvalue weighted by Gasteiger charge is 2.43. The number of anilines is 1. The molecule has 1 N–H and O–H groups in total. The minimum Gasteiger partial charge on any atom is -0.357 e. The number of pyridine rings is 1. The van der Waals surface area contributed by atoms with E-state index >= 15 is 0 Å². The van der Waals surface area contributed by atoms with Crippen molar-refractivity contribution in [2.24, 2.45) is 10.4 Å². The van der Waals surface area contributed by atoms with Gasteiger partial charge in [0.05, 0.1) is 0 Å². The van der Waals surface area contributed by atoms with Crippen LogP contribution in [0.5, 0.6) is 0 Å². The molecule has 5 heteroatoms. The predicted molar refractivity (Wildman–Crippen MR) is 98.4 cm³/mol. The monoisotopic (exact) mass is 327 g/mol. The summed E-state index contributed by atoms with van der Waals surface area (Å²) in [5.74, 6) is 2.18. The van der Waals surface area contributed by atoms with Gasteiger partial charge < -0.3 is 15.1 Å². The molecule has 3 heterocycles. The third-order valence-electron chi connectivity index (χ3n) is 6.05. The normalized spacial score (nSPS) is 23.0. The zero-order valence-corrected chi connectivity index (χ0v) is 14.8. The molecule has 1 spiro atoms. The number of hydrogen-bond donors (Lipinski definition) is 1. The molecular formula is C19H29N5. The van der Waals surface area contributed by atoms with Gasteiger partial charge in [0, 0.05) is 46.0 Å². The van der Waals surface area contributed by atoms with Crippen LogP contribution in [0, 0.1) is 5.41 Å². The zero-order chi connectivity index (χ0) is 16.4. The Labute approximate surface area is 145 Å². The maximum atomic E-state index is 4.54. The van der Waals surface area contributed by atoms with Gasteiger partial charge in [-0.1, -0.05) is 6.42 Å². The van der Waals surface area contributed by atoms with Gasteiger partial charge >= 0.3 is 0 Å². The lowest BCUT2D eigenvalue weighted by Gasteiger charge is -2.38. The number of nitrogens with one attached hydrogen (secondary N) is 1. The summed E-state index contributed by atoms with van der Waals surface area (Å²) in [5, 5.41) is 3.56. The van der Waals surface area contributed by atoms with Crippen LogP contribution in [0.25, 0.3) is 0 Å². The van der Waals surface area contributed by atoms with Gasteiger partial charge in [-0.05, 0) is 55.2 Å². The molecule has 0 bridgehead atoms. The molecule has 2 aliphatic heterocycles. The smallest absolute Gasteiger partial charge is 0.193 e. The summed E-state index contributed by atoms with van der Waals surface area (Å²) < 4.78 is 0. The minimum absolute atomic E-state index is 0.608. The molecule has 0 amide bonds. The second kappa shape index (κ2) is 6.61. The molecule has 0 unspecified atom stereocenters. The molecule has 3 aliphatic rings. The lowest BCUT2D eigenvalue weighted by molar-refractivity contribution is 0.151. The molecule has 3 fully saturated rings. The van der Waals surface area contributed by atoms with Crippen molar-refractivity contribution >= 4 is 11.8 Å². The van der Waals surface area contributed by atoms with E-state index in [9.17, 15) is 0 Å². The highest BCUT2D eigenvalue weighted by atomic mass is 15.3. The molecule has 0 atom stereocenters. The van der Waals surface area contributed by atoms with Crippen molar-refractivity contribution in [1.29, 1.82) is 0 Å². The van der Waals surface area contributed by atoms with Crippen molar-refractivity contribution < 1.29 is 0 Å². The second-order valence-electron chi connectivity index (χ2n) is 7.64. The third-order valence-corrected chi connectivity index (χ3v) is 6.05. The van der Waals surface area contributed by atoms with Crippen LogP contribution in [0.4, 0.5) is 5.82 Å². The average molecular weight is 327 g/mol. The van der Waals surface area contributed by atoms with Gasteiger partial charge in [-0.15, -0.1) is 0 Å². The van der Waals surface area contributed by atoms with E-state index in [1.807, 2.05) is 13.2 Å². The highest BCUT2D eigenvalue weighted by Crippen LogP contribution is 2.47. The van der Waals surface area contributed by atoms with Crippen LogP contribution in [0.2, 0.25) is 0 Å².